The second-order valence-electron chi connectivity index (χ2n) is 4.19. The monoisotopic (exact) mass is 311 g/mol. The highest BCUT2D eigenvalue weighted by molar-refractivity contribution is 9.10. The van der Waals surface area contributed by atoms with Crippen LogP contribution < -0.4 is 0 Å². The second-order valence-corrected chi connectivity index (χ2v) is 5.04. The van der Waals surface area contributed by atoms with Crippen molar-refractivity contribution >= 4 is 27.8 Å². The normalized spacial score (nSPS) is 18.3. The van der Waals surface area contributed by atoms with E-state index in [1.807, 2.05) is 24.3 Å². The standard InChI is InChI=1S/C13H14BrNO3/c14-11-4-2-1-3-9(11)7-12-15-10(8-18-12)5-6-13(16)17/h1-4,10H,5-8H2,(H,16,17). The fraction of sp³-hybridized carbons (Fsp3) is 0.385. The van der Waals surface area contributed by atoms with E-state index in [4.69, 9.17) is 9.84 Å². The molecule has 1 aromatic carbocycles. The van der Waals surface area contributed by atoms with E-state index in [0.717, 1.165) is 10.0 Å². The summed E-state index contributed by atoms with van der Waals surface area (Å²) in [6.45, 7) is 0.493. The fourth-order valence-corrected chi connectivity index (χ4v) is 2.23. The van der Waals surface area contributed by atoms with Gasteiger partial charge in [0, 0.05) is 17.3 Å². The van der Waals surface area contributed by atoms with Gasteiger partial charge < -0.3 is 9.84 Å². The molecule has 0 amide bonds. The van der Waals surface area contributed by atoms with Crippen molar-refractivity contribution < 1.29 is 14.6 Å². The number of aliphatic carboxylic acids is 1. The SMILES string of the molecule is O=C(O)CCC1COC(Cc2ccccc2Br)=N1. The number of ether oxygens (including phenoxy) is 1. The number of aliphatic imine (C=N–C) groups is 1. The minimum absolute atomic E-state index is 0.0152. The number of rotatable bonds is 5. The van der Waals surface area contributed by atoms with Crippen LogP contribution in [-0.2, 0) is 16.0 Å². The maximum absolute atomic E-state index is 10.5. The maximum Gasteiger partial charge on any atom is 0.303 e. The predicted octanol–water partition coefficient (Wildman–Crippen LogP) is 2.65. The van der Waals surface area contributed by atoms with Gasteiger partial charge in [0.2, 0.25) is 0 Å². The van der Waals surface area contributed by atoms with Gasteiger partial charge in [-0.25, -0.2) is 4.99 Å². The Hall–Kier alpha value is -1.36. The molecule has 1 unspecified atom stereocenters. The first-order valence-electron chi connectivity index (χ1n) is 5.80. The average Bonchev–Trinajstić information content (AvgIpc) is 2.77. The number of benzene rings is 1. The van der Waals surface area contributed by atoms with E-state index in [0.29, 0.717) is 25.3 Å². The van der Waals surface area contributed by atoms with Crippen molar-refractivity contribution in [2.24, 2.45) is 4.99 Å². The van der Waals surface area contributed by atoms with Crippen molar-refractivity contribution in [1.29, 1.82) is 0 Å². The summed E-state index contributed by atoms with van der Waals surface area (Å²) in [5, 5.41) is 8.62. The molecule has 0 fully saturated rings. The minimum atomic E-state index is -0.788. The van der Waals surface area contributed by atoms with Crippen molar-refractivity contribution in [1.82, 2.24) is 0 Å². The predicted molar refractivity (Wildman–Crippen MR) is 71.9 cm³/mol. The molecule has 96 valence electrons. The summed E-state index contributed by atoms with van der Waals surface area (Å²) in [5.41, 5.74) is 1.12. The minimum Gasteiger partial charge on any atom is -0.481 e. The van der Waals surface area contributed by atoms with Crippen molar-refractivity contribution in [2.45, 2.75) is 25.3 Å². The van der Waals surface area contributed by atoms with Crippen LogP contribution in [0.5, 0.6) is 0 Å². The van der Waals surface area contributed by atoms with Gasteiger partial charge in [0.1, 0.15) is 6.61 Å². The van der Waals surface area contributed by atoms with E-state index >= 15 is 0 Å². The van der Waals surface area contributed by atoms with Crippen molar-refractivity contribution in [3.05, 3.63) is 34.3 Å². The summed E-state index contributed by atoms with van der Waals surface area (Å²) in [6.07, 6.45) is 1.32. The summed E-state index contributed by atoms with van der Waals surface area (Å²) < 4.78 is 6.53. The zero-order chi connectivity index (χ0) is 13.0. The largest absolute Gasteiger partial charge is 0.481 e. The molecule has 1 atom stereocenters. The molecule has 5 heteroatoms. The Morgan fingerprint density at radius 2 is 2.28 bits per heavy atom. The first-order valence-corrected chi connectivity index (χ1v) is 6.59. The highest BCUT2D eigenvalue weighted by atomic mass is 79.9. The van der Waals surface area contributed by atoms with E-state index in [9.17, 15) is 4.79 Å². The third-order valence-electron chi connectivity index (χ3n) is 2.76. The summed E-state index contributed by atoms with van der Waals surface area (Å²) in [4.78, 5) is 14.9. The van der Waals surface area contributed by atoms with E-state index in [-0.39, 0.29) is 12.5 Å². The molecule has 2 rings (SSSR count). The lowest BCUT2D eigenvalue weighted by atomic mass is 10.1. The molecule has 1 aromatic rings. The van der Waals surface area contributed by atoms with Crippen LogP contribution in [0.15, 0.2) is 33.7 Å². The van der Waals surface area contributed by atoms with Gasteiger partial charge in [0.05, 0.1) is 6.04 Å². The van der Waals surface area contributed by atoms with Crippen LogP contribution in [0, 0.1) is 0 Å². The third kappa shape index (κ3) is 3.57. The quantitative estimate of drug-likeness (QED) is 0.909. The van der Waals surface area contributed by atoms with Crippen molar-refractivity contribution in [2.75, 3.05) is 6.61 Å². The molecule has 0 aromatic heterocycles. The van der Waals surface area contributed by atoms with Gasteiger partial charge in [-0.2, -0.15) is 0 Å². The smallest absolute Gasteiger partial charge is 0.303 e. The van der Waals surface area contributed by atoms with Gasteiger partial charge in [-0.3, -0.25) is 4.79 Å². The van der Waals surface area contributed by atoms with Gasteiger partial charge in [-0.1, -0.05) is 34.1 Å². The Morgan fingerprint density at radius 3 is 3.00 bits per heavy atom. The molecule has 0 spiro atoms. The van der Waals surface area contributed by atoms with Crippen LogP contribution in [0.1, 0.15) is 18.4 Å². The molecule has 0 saturated heterocycles. The molecule has 1 N–H and O–H groups in total. The molecule has 1 aliphatic heterocycles. The summed E-state index contributed by atoms with van der Waals surface area (Å²) in [5.74, 6) is -0.0956. The van der Waals surface area contributed by atoms with E-state index < -0.39 is 5.97 Å². The summed E-state index contributed by atoms with van der Waals surface area (Å²) >= 11 is 3.48. The number of carboxylic acids is 1. The molecule has 4 nitrogen and oxygen atoms in total. The lowest BCUT2D eigenvalue weighted by Crippen LogP contribution is -2.09. The number of carboxylic acid groups (broad SMARTS) is 1. The van der Waals surface area contributed by atoms with Gasteiger partial charge >= 0.3 is 5.97 Å². The van der Waals surface area contributed by atoms with Crippen molar-refractivity contribution in [3.63, 3.8) is 0 Å². The molecule has 0 saturated carbocycles. The number of halogens is 1. The van der Waals surface area contributed by atoms with Crippen molar-refractivity contribution in [3.8, 4) is 0 Å². The van der Waals surface area contributed by atoms with Crippen LogP contribution in [0.3, 0.4) is 0 Å². The Balaban J connectivity index is 1.93. The van der Waals surface area contributed by atoms with Crippen LogP contribution in [-0.4, -0.2) is 29.6 Å². The van der Waals surface area contributed by atoms with Gasteiger partial charge in [-0.05, 0) is 18.1 Å². The lowest BCUT2D eigenvalue weighted by molar-refractivity contribution is -0.137. The highest BCUT2D eigenvalue weighted by Gasteiger charge is 2.20. The Kier molecular flexibility index (Phi) is 4.36. The zero-order valence-corrected chi connectivity index (χ0v) is 11.4. The Bertz CT molecular complexity index is 473. The highest BCUT2D eigenvalue weighted by Crippen LogP contribution is 2.19. The Labute approximate surface area is 114 Å². The first kappa shape index (κ1) is 13.1. The molecule has 1 aliphatic rings. The van der Waals surface area contributed by atoms with Crippen LogP contribution >= 0.6 is 15.9 Å². The van der Waals surface area contributed by atoms with Gasteiger partial charge in [-0.15, -0.1) is 0 Å². The van der Waals surface area contributed by atoms with Crippen LogP contribution in [0.4, 0.5) is 0 Å². The Morgan fingerprint density at radius 1 is 1.50 bits per heavy atom. The summed E-state index contributed by atoms with van der Waals surface area (Å²) in [6, 6.07) is 7.91. The van der Waals surface area contributed by atoms with E-state index in [1.54, 1.807) is 0 Å². The average molecular weight is 312 g/mol. The van der Waals surface area contributed by atoms with Gasteiger partial charge in [0.15, 0.2) is 5.90 Å². The molecule has 18 heavy (non-hydrogen) atoms. The first-order chi connectivity index (χ1) is 8.65. The molecule has 0 radical (unpaired) electrons. The summed E-state index contributed by atoms with van der Waals surface area (Å²) in [7, 11) is 0. The number of carbonyl (C=O) groups is 1. The lowest BCUT2D eigenvalue weighted by Gasteiger charge is -2.03. The fourth-order valence-electron chi connectivity index (χ4n) is 1.81. The maximum atomic E-state index is 10.5. The van der Waals surface area contributed by atoms with E-state index in [2.05, 4.69) is 20.9 Å². The number of hydrogen-bond acceptors (Lipinski definition) is 3. The zero-order valence-electron chi connectivity index (χ0n) is 9.80. The van der Waals surface area contributed by atoms with E-state index in [1.165, 1.54) is 0 Å². The van der Waals surface area contributed by atoms with Crippen LogP contribution in [0.25, 0.3) is 0 Å². The number of nitrogens with zero attached hydrogens (tertiary/aromatic N) is 1. The molecule has 1 heterocycles. The molecule has 0 aliphatic carbocycles. The third-order valence-corrected chi connectivity index (χ3v) is 3.53. The topological polar surface area (TPSA) is 58.9 Å². The molecular weight excluding hydrogens is 298 g/mol. The van der Waals surface area contributed by atoms with Crippen LogP contribution in [0.2, 0.25) is 0 Å². The van der Waals surface area contributed by atoms with Gasteiger partial charge in [0.25, 0.3) is 0 Å². The number of hydrogen-bond donors (Lipinski definition) is 1. The molecular formula is C13H14BrNO3. The second kappa shape index (κ2) is 6.00. The molecule has 0 bridgehead atoms.